The van der Waals surface area contributed by atoms with Gasteiger partial charge < -0.3 is 5.32 Å². The Labute approximate surface area is 124 Å². The van der Waals surface area contributed by atoms with Gasteiger partial charge in [0.2, 0.25) is 5.91 Å². The number of thioether (sulfide) groups is 1. The third-order valence-electron chi connectivity index (χ3n) is 3.08. The van der Waals surface area contributed by atoms with Gasteiger partial charge in [-0.2, -0.15) is 0 Å². The van der Waals surface area contributed by atoms with E-state index in [1.165, 1.54) is 0 Å². The van der Waals surface area contributed by atoms with Crippen LogP contribution in [0.3, 0.4) is 0 Å². The first-order chi connectivity index (χ1) is 9.66. The van der Waals surface area contributed by atoms with Gasteiger partial charge in [0.25, 0.3) is 0 Å². The molecule has 0 aliphatic rings. The molecule has 0 radical (unpaired) electrons. The Morgan fingerprint density at radius 2 is 1.50 bits per heavy atom. The predicted octanol–water partition coefficient (Wildman–Crippen LogP) is 4.04. The third kappa shape index (κ3) is 4.14. The lowest BCUT2D eigenvalue weighted by Crippen LogP contribution is -2.33. The average Bonchev–Trinajstić information content (AvgIpc) is 2.49. The van der Waals surface area contributed by atoms with Gasteiger partial charge >= 0.3 is 0 Å². The second-order valence-electron chi connectivity index (χ2n) is 4.71. The summed E-state index contributed by atoms with van der Waals surface area (Å²) in [6.07, 6.45) is 0. The van der Waals surface area contributed by atoms with Crippen LogP contribution in [0.15, 0.2) is 65.6 Å². The monoisotopic (exact) mass is 285 g/mol. The summed E-state index contributed by atoms with van der Waals surface area (Å²) in [5.74, 6) is 0.0650. The second kappa shape index (κ2) is 7.15. The summed E-state index contributed by atoms with van der Waals surface area (Å²) >= 11 is 1.58. The molecular weight excluding hydrogens is 266 g/mol. The zero-order chi connectivity index (χ0) is 14.4. The molecule has 2 rings (SSSR count). The molecule has 2 aromatic rings. The van der Waals surface area contributed by atoms with E-state index in [0.29, 0.717) is 0 Å². The van der Waals surface area contributed by atoms with Crippen molar-refractivity contribution >= 4 is 17.7 Å². The fourth-order valence-corrected chi connectivity index (χ4v) is 2.81. The first-order valence-electron chi connectivity index (χ1n) is 6.74. The predicted molar refractivity (Wildman–Crippen MR) is 84.8 cm³/mol. The summed E-state index contributed by atoms with van der Waals surface area (Å²) in [7, 11) is 0. The summed E-state index contributed by atoms with van der Waals surface area (Å²) in [5, 5.41) is 2.95. The molecule has 3 heteroatoms. The Kier molecular flexibility index (Phi) is 5.24. The number of amides is 1. The Morgan fingerprint density at radius 3 is 2.10 bits per heavy atom. The third-order valence-corrected chi connectivity index (χ3v) is 4.20. The number of hydrogen-bond donors (Lipinski definition) is 1. The van der Waals surface area contributed by atoms with Crippen molar-refractivity contribution in [3.8, 4) is 0 Å². The van der Waals surface area contributed by atoms with Crippen LogP contribution < -0.4 is 5.32 Å². The molecule has 1 N–H and O–H groups in total. The van der Waals surface area contributed by atoms with Gasteiger partial charge in [0.1, 0.15) is 0 Å². The summed E-state index contributed by atoms with van der Waals surface area (Å²) < 4.78 is 0. The van der Waals surface area contributed by atoms with Crippen LogP contribution in [-0.2, 0) is 4.79 Å². The highest BCUT2D eigenvalue weighted by atomic mass is 32.2. The number of benzene rings is 2. The molecule has 0 saturated heterocycles. The summed E-state index contributed by atoms with van der Waals surface area (Å²) in [6, 6.07) is 20.0. The number of carbonyl (C=O) groups is 1. The zero-order valence-electron chi connectivity index (χ0n) is 11.7. The molecule has 0 aromatic heterocycles. The van der Waals surface area contributed by atoms with Crippen molar-refractivity contribution in [1.82, 2.24) is 5.32 Å². The average molecular weight is 285 g/mol. The molecule has 2 nitrogen and oxygen atoms in total. The van der Waals surface area contributed by atoms with Crippen LogP contribution in [0.4, 0.5) is 0 Å². The van der Waals surface area contributed by atoms with Gasteiger partial charge in [0.15, 0.2) is 0 Å². The molecule has 20 heavy (non-hydrogen) atoms. The Morgan fingerprint density at radius 1 is 0.950 bits per heavy atom. The van der Waals surface area contributed by atoms with Gasteiger partial charge in [-0.3, -0.25) is 4.79 Å². The van der Waals surface area contributed by atoms with Crippen molar-refractivity contribution in [2.75, 3.05) is 0 Å². The number of carbonyl (C=O) groups excluding carboxylic acids is 1. The topological polar surface area (TPSA) is 29.1 Å². The van der Waals surface area contributed by atoms with Gasteiger partial charge in [0, 0.05) is 4.90 Å². The van der Waals surface area contributed by atoms with E-state index in [9.17, 15) is 4.79 Å². The minimum Gasteiger partial charge on any atom is -0.349 e. The quantitative estimate of drug-likeness (QED) is 0.840. The van der Waals surface area contributed by atoms with Crippen LogP contribution in [0.2, 0.25) is 0 Å². The van der Waals surface area contributed by atoms with Crippen molar-refractivity contribution in [3.05, 3.63) is 66.2 Å². The minimum absolute atomic E-state index is 0.0301. The summed E-state index contributed by atoms with van der Waals surface area (Å²) in [5.41, 5.74) is 1.12. The zero-order valence-corrected chi connectivity index (χ0v) is 12.6. The molecule has 0 spiro atoms. The van der Waals surface area contributed by atoms with Gasteiger partial charge in [-0.25, -0.2) is 0 Å². The fourth-order valence-electron chi connectivity index (χ4n) is 1.91. The van der Waals surface area contributed by atoms with E-state index >= 15 is 0 Å². The Balaban J connectivity index is 1.91. The van der Waals surface area contributed by atoms with Crippen molar-refractivity contribution in [1.29, 1.82) is 0 Å². The van der Waals surface area contributed by atoms with E-state index in [1.54, 1.807) is 11.8 Å². The molecule has 104 valence electrons. The van der Waals surface area contributed by atoms with Crippen LogP contribution >= 0.6 is 11.8 Å². The van der Waals surface area contributed by atoms with E-state index in [2.05, 4.69) is 5.32 Å². The fraction of sp³-hybridized carbons (Fsp3) is 0.235. The Hall–Kier alpha value is -1.74. The largest absolute Gasteiger partial charge is 0.349 e. The van der Waals surface area contributed by atoms with Crippen LogP contribution in [-0.4, -0.2) is 11.2 Å². The van der Waals surface area contributed by atoms with Crippen molar-refractivity contribution in [3.63, 3.8) is 0 Å². The molecular formula is C17H19NOS. The lowest BCUT2D eigenvalue weighted by Gasteiger charge is -2.17. The lowest BCUT2D eigenvalue weighted by molar-refractivity contribution is -0.120. The molecule has 0 saturated carbocycles. The molecule has 0 aliphatic heterocycles. The van der Waals surface area contributed by atoms with Crippen LogP contribution in [0, 0.1) is 0 Å². The normalized spacial score (nSPS) is 13.5. The van der Waals surface area contributed by atoms with Crippen molar-refractivity contribution in [2.45, 2.75) is 30.0 Å². The molecule has 1 amide bonds. The number of hydrogen-bond acceptors (Lipinski definition) is 2. The highest BCUT2D eigenvalue weighted by molar-refractivity contribution is 8.00. The summed E-state index contributed by atoms with van der Waals surface area (Å²) in [6.45, 7) is 3.94. The highest BCUT2D eigenvalue weighted by Crippen LogP contribution is 2.23. The molecule has 0 heterocycles. The summed E-state index contributed by atoms with van der Waals surface area (Å²) in [4.78, 5) is 13.3. The molecule has 2 unspecified atom stereocenters. The van der Waals surface area contributed by atoms with E-state index in [-0.39, 0.29) is 17.2 Å². The first kappa shape index (κ1) is 14.7. The molecule has 0 bridgehead atoms. The molecule has 0 aliphatic carbocycles. The molecule has 2 atom stereocenters. The molecule has 2 aromatic carbocycles. The number of nitrogens with one attached hydrogen (secondary N) is 1. The van der Waals surface area contributed by atoms with E-state index < -0.39 is 0 Å². The maximum Gasteiger partial charge on any atom is 0.233 e. The van der Waals surface area contributed by atoms with Crippen LogP contribution in [0.5, 0.6) is 0 Å². The highest BCUT2D eigenvalue weighted by Gasteiger charge is 2.16. The minimum atomic E-state index is -0.108. The smallest absolute Gasteiger partial charge is 0.233 e. The maximum absolute atomic E-state index is 12.2. The van der Waals surface area contributed by atoms with Crippen LogP contribution in [0.1, 0.15) is 25.5 Å². The second-order valence-corrected chi connectivity index (χ2v) is 6.13. The van der Waals surface area contributed by atoms with Crippen molar-refractivity contribution in [2.24, 2.45) is 0 Å². The maximum atomic E-state index is 12.2. The van der Waals surface area contributed by atoms with Gasteiger partial charge in [-0.1, -0.05) is 48.5 Å². The van der Waals surface area contributed by atoms with Gasteiger partial charge in [-0.15, -0.1) is 11.8 Å². The van der Waals surface area contributed by atoms with Gasteiger partial charge in [-0.05, 0) is 31.5 Å². The van der Waals surface area contributed by atoms with E-state index in [0.717, 1.165) is 10.5 Å². The first-order valence-corrected chi connectivity index (χ1v) is 7.62. The lowest BCUT2D eigenvalue weighted by atomic mass is 10.1. The van der Waals surface area contributed by atoms with E-state index in [1.807, 2.05) is 74.5 Å². The number of rotatable bonds is 5. The standard InChI is InChI=1S/C17H19NOS/c1-13(15-9-5-3-6-10-15)18-17(19)14(2)20-16-11-7-4-8-12-16/h3-14H,1-2H3,(H,18,19). The van der Waals surface area contributed by atoms with E-state index in [4.69, 9.17) is 0 Å². The van der Waals surface area contributed by atoms with Crippen LogP contribution in [0.25, 0.3) is 0 Å². The van der Waals surface area contributed by atoms with Gasteiger partial charge in [0.05, 0.1) is 11.3 Å². The Bertz CT molecular complexity index is 541. The SMILES string of the molecule is CC(Sc1ccccc1)C(=O)NC(C)c1ccccc1. The van der Waals surface area contributed by atoms with Crippen molar-refractivity contribution < 1.29 is 4.79 Å². The molecule has 0 fully saturated rings.